The zero-order chi connectivity index (χ0) is 15.2. The van der Waals surface area contributed by atoms with Crippen LogP contribution < -0.4 is 0 Å². The molecular weight excluding hydrogens is 312 g/mol. The van der Waals surface area contributed by atoms with Gasteiger partial charge in [0.2, 0.25) is 0 Å². The fourth-order valence-corrected chi connectivity index (χ4v) is 3.07. The summed E-state index contributed by atoms with van der Waals surface area (Å²) >= 11 is 12.5. The van der Waals surface area contributed by atoms with Crippen molar-refractivity contribution in [3.63, 3.8) is 0 Å². The minimum Gasteiger partial charge on any atom is -0.357 e. The Bertz CT molecular complexity index is 651. The van der Waals surface area contributed by atoms with Crippen molar-refractivity contribution in [1.29, 1.82) is 0 Å². The van der Waals surface area contributed by atoms with Crippen molar-refractivity contribution in [2.45, 2.75) is 38.8 Å². The number of halogens is 3. The van der Waals surface area contributed by atoms with Crippen molar-refractivity contribution < 1.29 is 8.91 Å². The number of nitrogens with zero attached hydrogens (tertiary/aromatic N) is 1. The molecule has 0 radical (unpaired) electrons. The number of rotatable bonds is 4. The maximum atomic E-state index is 14.4. The molecule has 2 aromatic rings. The van der Waals surface area contributed by atoms with Gasteiger partial charge in [-0.25, -0.2) is 4.39 Å². The second kappa shape index (κ2) is 5.29. The van der Waals surface area contributed by atoms with Gasteiger partial charge in [0.1, 0.15) is 5.69 Å². The minimum atomic E-state index is -1.58. The highest BCUT2D eigenvalue weighted by Gasteiger charge is 2.35. The van der Waals surface area contributed by atoms with Gasteiger partial charge in [0.05, 0.1) is 10.0 Å². The van der Waals surface area contributed by atoms with E-state index >= 15 is 0 Å². The third-order valence-electron chi connectivity index (χ3n) is 3.72. The highest BCUT2D eigenvalue weighted by molar-refractivity contribution is 6.39. The van der Waals surface area contributed by atoms with Crippen LogP contribution in [0.1, 0.15) is 38.0 Å². The van der Waals surface area contributed by atoms with Gasteiger partial charge in [-0.1, -0.05) is 34.4 Å². The summed E-state index contributed by atoms with van der Waals surface area (Å²) in [5.41, 5.74) is 0.400. The maximum absolute atomic E-state index is 14.4. The number of benzene rings is 1. The molecule has 1 saturated carbocycles. The van der Waals surface area contributed by atoms with E-state index in [1.165, 1.54) is 13.8 Å². The van der Waals surface area contributed by atoms with Crippen LogP contribution in [0.15, 0.2) is 22.7 Å². The third kappa shape index (κ3) is 2.95. The lowest BCUT2D eigenvalue weighted by molar-refractivity contribution is 0.161. The zero-order valence-corrected chi connectivity index (χ0v) is 13.4. The van der Waals surface area contributed by atoms with Gasteiger partial charge in [-0.05, 0) is 51.2 Å². The Labute approximate surface area is 133 Å². The second-order valence-corrected chi connectivity index (χ2v) is 6.87. The fourth-order valence-electron chi connectivity index (χ4n) is 2.50. The van der Waals surface area contributed by atoms with Gasteiger partial charge in [-0.2, -0.15) is 0 Å². The SMILES string of the molecule is CC(C)(F)c1onc(-c2c(Cl)cccc2Cl)c1CC1CC1. The molecule has 0 bridgehead atoms. The molecule has 0 spiro atoms. The Hall–Kier alpha value is -1.06. The van der Waals surface area contributed by atoms with E-state index in [1.54, 1.807) is 18.2 Å². The molecular formula is C16H16Cl2FNO. The summed E-state index contributed by atoms with van der Waals surface area (Å²) in [6.07, 6.45) is 3.07. The van der Waals surface area contributed by atoms with Crippen molar-refractivity contribution in [2.24, 2.45) is 5.92 Å². The van der Waals surface area contributed by atoms with Crippen molar-refractivity contribution in [1.82, 2.24) is 5.16 Å². The van der Waals surface area contributed by atoms with Crippen LogP contribution in [-0.2, 0) is 12.1 Å². The van der Waals surface area contributed by atoms with Crippen LogP contribution in [-0.4, -0.2) is 5.16 Å². The van der Waals surface area contributed by atoms with Crippen molar-refractivity contribution in [2.75, 3.05) is 0 Å². The largest absolute Gasteiger partial charge is 0.357 e. The quantitative estimate of drug-likeness (QED) is 0.708. The Balaban J connectivity index is 2.16. The summed E-state index contributed by atoms with van der Waals surface area (Å²) in [4.78, 5) is 0. The minimum absolute atomic E-state index is 0.278. The monoisotopic (exact) mass is 327 g/mol. The molecule has 1 aliphatic carbocycles. The van der Waals surface area contributed by atoms with Gasteiger partial charge in [0.15, 0.2) is 11.4 Å². The van der Waals surface area contributed by atoms with Crippen LogP contribution >= 0.6 is 23.2 Å². The van der Waals surface area contributed by atoms with E-state index in [0.717, 1.165) is 24.8 Å². The molecule has 0 N–H and O–H groups in total. The Morgan fingerprint density at radius 3 is 2.43 bits per heavy atom. The topological polar surface area (TPSA) is 26.0 Å². The molecule has 0 atom stereocenters. The van der Waals surface area contributed by atoms with Gasteiger partial charge >= 0.3 is 0 Å². The molecule has 1 aromatic carbocycles. The van der Waals surface area contributed by atoms with Crippen molar-refractivity contribution in [3.05, 3.63) is 39.6 Å². The lowest BCUT2D eigenvalue weighted by atomic mass is 9.95. The summed E-state index contributed by atoms with van der Waals surface area (Å²) < 4.78 is 19.7. The lowest BCUT2D eigenvalue weighted by Gasteiger charge is -2.13. The molecule has 5 heteroatoms. The second-order valence-electron chi connectivity index (χ2n) is 6.06. The molecule has 3 rings (SSSR count). The molecule has 1 heterocycles. The molecule has 112 valence electrons. The van der Waals surface area contributed by atoms with Gasteiger partial charge < -0.3 is 4.52 Å². The van der Waals surface area contributed by atoms with E-state index in [4.69, 9.17) is 27.7 Å². The first-order chi connectivity index (χ1) is 9.88. The molecule has 1 aliphatic rings. The van der Waals surface area contributed by atoms with E-state index < -0.39 is 5.67 Å². The summed E-state index contributed by atoms with van der Waals surface area (Å²) in [5.74, 6) is 0.853. The summed E-state index contributed by atoms with van der Waals surface area (Å²) in [5, 5.41) is 5.06. The van der Waals surface area contributed by atoms with Gasteiger partial charge in [0.25, 0.3) is 0 Å². The standard InChI is InChI=1S/C16H16Cl2FNO/c1-16(2,19)15-10(8-9-6-7-9)14(20-21-15)13-11(17)4-3-5-12(13)18/h3-5,9H,6-8H2,1-2H3. The molecule has 2 nitrogen and oxygen atoms in total. The normalized spacial score (nSPS) is 15.5. The fraction of sp³-hybridized carbons (Fsp3) is 0.438. The Kier molecular flexibility index (Phi) is 3.74. The lowest BCUT2D eigenvalue weighted by Crippen LogP contribution is -2.11. The molecule has 21 heavy (non-hydrogen) atoms. The Morgan fingerprint density at radius 1 is 1.29 bits per heavy atom. The van der Waals surface area contributed by atoms with Crippen LogP contribution in [0.2, 0.25) is 10.0 Å². The number of hydrogen-bond donors (Lipinski definition) is 0. The van der Waals surface area contributed by atoms with E-state index in [1.807, 2.05) is 0 Å². The maximum Gasteiger partial charge on any atom is 0.177 e. The van der Waals surface area contributed by atoms with Gasteiger partial charge in [0, 0.05) is 11.1 Å². The predicted molar refractivity (Wildman–Crippen MR) is 82.5 cm³/mol. The molecule has 1 aromatic heterocycles. The average Bonchev–Trinajstić information content (AvgIpc) is 3.08. The van der Waals surface area contributed by atoms with Crippen molar-refractivity contribution in [3.8, 4) is 11.3 Å². The predicted octanol–water partition coefficient (Wildman–Crippen LogP) is 5.81. The van der Waals surface area contributed by atoms with E-state index in [0.29, 0.717) is 27.2 Å². The van der Waals surface area contributed by atoms with Crippen LogP contribution in [0, 0.1) is 5.92 Å². The third-order valence-corrected chi connectivity index (χ3v) is 4.35. The molecule has 0 saturated heterocycles. The average molecular weight is 328 g/mol. The number of hydrogen-bond acceptors (Lipinski definition) is 2. The smallest absolute Gasteiger partial charge is 0.177 e. The summed E-state index contributed by atoms with van der Waals surface area (Å²) in [7, 11) is 0. The van der Waals surface area contributed by atoms with E-state index in [2.05, 4.69) is 5.16 Å². The number of alkyl halides is 1. The Morgan fingerprint density at radius 2 is 1.90 bits per heavy atom. The van der Waals surface area contributed by atoms with Gasteiger partial charge in [-0.3, -0.25) is 0 Å². The highest BCUT2D eigenvalue weighted by Crippen LogP contribution is 2.43. The highest BCUT2D eigenvalue weighted by atomic mass is 35.5. The summed E-state index contributed by atoms with van der Waals surface area (Å²) in [6, 6.07) is 5.27. The van der Waals surface area contributed by atoms with Crippen LogP contribution in [0.25, 0.3) is 11.3 Å². The van der Waals surface area contributed by atoms with E-state index in [9.17, 15) is 4.39 Å². The van der Waals surface area contributed by atoms with Gasteiger partial charge in [-0.15, -0.1) is 0 Å². The molecule has 0 amide bonds. The first kappa shape index (κ1) is 14.9. The van der Waals surface area contributed by atoms with E-state index in [-0.39, 0.29) is 5.76 Å². The molecule has 0 aliphatic heterocycles. The van der Waals surface area contributed by atoms with Crippen LogP contribution in [0.5, 0.6) is 0 Å². The first-order valence-electron chi connectivity index (χ1n) is 7.00. The first-order valence-corrected chi connectivity index (χ1v) is 7.76. The van der Waals surface area contributed by atoms with Crippen LogP contribution in [0.3, 0.4) is 0 Å². The van der Waals surface area contributed by atoms with Crippen LogP contribution in [0.4, 0.5) is 4.39 Å². The van der Waals surface area contributed by atoms with Crippen molar-refractivity contribution >= 4 is 23.2 Å². The molecule has 1 fully saturated rings. The summed E-state index contributed by atoms with van der Waals surface area (Å²) in [6.45, 7) is 2.95. The number of aromatic nitrogens is 1. The zero-order valence-electron chi connectivity index (χ0n) is 11.9. The molecule has 0 unspecified atom stereocenters.